The van der Waals surface area contributed by atoms with Crippen molar-refractivity contribution in [3.8, 4) is 0 Å². The number of fused-ring (bicyclic) bond motifs is 1. The van der Waals surface area contributed by atoms with Gasteiger partial charge in [0.15, 0.2) is 0 Å². The quantitative estimate of drug-likeness (QED) is 0.739. The van der Waals surface area contributed by atoms with Gasteiger partial charge in [0.05, 0.1) is 29.3 Å². The smallest absolute Gasteiger partial charge is 0.214 e. The number of sulfonamides is 2. The Hall–Kier alpha value is -0.970. The number of aromatic nitrogens is 2. The highest BCUT2D eigenvalue weighted by molar-refractivity contribution is 7.90. The van der Waals surface area contributed by atoms with Crippen molar-refractivity contribution in [2.24, 2.45) is 0 Å². The third-order valence-electron chi connectivity index (χ3n) is 4.35. The van der Waals surface area contributed by atoms with Crippen LogP contribution in [0.2, 0.25) is 0 Å². The lowest BCUT2D eigenvalue weighted by Gasteiger charge is -2.33. The molecular formula is C13H22N4O4S2. The largest absolute Gasteiger partial charge is 0.264 e. The van der Waals surface area contributed by atoms with Crippen molar-refractivity contribution in [1.29, 1.82) is 0 Å². The Bertz CT molecular complexity index is 768. The van der Waals surface area contributed by atoms with E-state index in [-0.39, 0.29) is 17.0 Å². The van der Waals surface area contributed by atoms with Crippen molar-refractivity contribution >= 4 is 20.0 Å². The molecule has 0 amide bonds. The Morgan fingerprint density at radius 3 is 2.70 bits per heavy atom. The van der Waals surface area contributed by atoms with Gasteiger partial charge in [-0.25, -0.2) is 21.6 Å². The summed E-state index contributed by atoms with van der Waals surface area (Å²) < 4.78 is 53.9. The number of nitrogens with one attached hydrogen (secondary N) is 1. The molecule has 0 bridgehead atoms. The van der Waals surface area contributed by atoms with Crippen LogP contribution in [-0.2, 0) is 26.6 Å². The van der Waals surface area contributed by atoms with Crippen LogP contribution in [0.4, 0.5) is 0 Å². The summed E-state index contributed by atoms with van der Waals surface area (Å²) >= 11 is 0. The summed E-state index contributed by atoms with van der Waals surface area (Å²) in [5.74, 6) is 0.0577. The fourth-order valence-electron chi connectivity index (χ4n) is 2.83. The second-order valence-electron chi connectivity index (χ2n) is 6.04. The van der Waals surface area contributed by atoms with E-state index in [9.17, 15) is 16.8 Å². The molecule has 0 unspecified atom stereocenters. The van der Waals surface area contributed by atoms with E-state index in [2.05, 4.69) is 9.82 Å². The van der Waals surface area contributed by atoms with Crippen LogP contribution in [0.1, 0.15) is 37.9 Å². The van der Waals surface area contributed by atoms with Crippen LogP contribution in [0.3, 0.4) is 0 Å². The summed E-state index contributed by atoms with van der Waals surface area (Å²) in [6.45, 7) is 2.57. The van der Waals surface area contributed by atoms with E-state index < -0.39 is 20.0 Å². The molecule has 1 aromatic rings. The van der Waals surface area contributed by atoms with Gasteiger partial charge in [0.25, 0.3) is 0 Å². The van der Waals surface area contributed by atoms with Crippen molar-refractivity contribution in [2.45, 2.75) is 44.0 Å². The molecule has 1 saturated carbocycles. The van der Waals surface area contributed by atoms with Crippen LogP contribution in [0.15, 0.2) is 12.3 Å². The molecule has 3 rings (SSSR count). The lowest BCUT2D eigenvalue weighted by atomic mass is 10.1. The van der Waals surface area contributed by atoms with E-state index >= 15 is 0 Å². The molecule has 1 aliphatic carbocycles. The van der Waals surface area contributed by atoms with Crippen LogP contribution in [-0.4, -0.2) is 55.0 Å². The van der Waals surface area contributed by atoms with Crippen molar-refractivity contribution in [3.05, 3.63) is 18.0 Å². The predicted molar refractivity (Wildman–Crippen MR) is 85.7 cm³/mol. The summed E-state index contributed by atoms with van der Waals surface area (Å²) in [6.07, 6.45) is 3.62. The molecule has 8 nitrogen and oxygen atoms in total. The molecule has 1 fully saturated rings. The topological polar surface area (TPSA) is 101 Å². The van der Waals surface area contributed by atoms with Crippen LogP contribution < -0.4 is 4.72 Å². The minimum atomic E-state index is -3.28. The first-order valence-electron chi connectivity index (χ1n) is 7.82. The average Bonchev–Trinajstić information content (AvgIpc) is 3.26. The van der Waals surface area contributed by atoms with Gasteiger partial charge in [0, 0.05) is 19.3 Å². The van der Waals surface area contributed by atoms with Crippen LogP contribution in [0, 0.1) is 0 Å². The van der Waals surface area contributed by atoms with E-state index in [4.69, 9.17) is 0 Å². The zero-order valence-corrected chi connectivity index (χ0v) is 14.7. The molecule has 23 heavy (non-hydrogen) atoms. The molecule has 1 atom stereocenters. The molecule has 0 aromatic carbocycles. The second kappa shape index (κ2) is 6.15. The fraction of sp³-hybridized carbons (Fsp3) is 0.769. The third-order valence-corrected chi connectivity index (χ3v) is 8.10. The third kappa shape index (κ3) is 3.59. The van der Waals surface area contributed by atoms with Crippen LogP contribution in [0.25, 0.3) is 0 Å². The maximum atomic E-state index is 12.1. The lowest BCUT2D eigenvalue weighted by molar-refractivity contribution is 0.256. The Kier molecular flexibility index (Phi) is 4.51. The molecule has 1 aliphatic heterocycles. The van der Waals surface area contributed by atoms with Gasteiger partial charge < -0.3 is 0 Å². The molecule has 0 saturated heterocycles. The van der Waals surface area contributed by atoms with Crippen molar-refractivity contribution in [3.63, 3.8) is 0 Å². The van der Waals surface area contributed by atoms with Crippen molar-refractivity contribution in [1.82, 2.24) is 18.8 Å². The number of nitrogens with zero attached hydrogens (tertiary/aromatic N) is 3. The monoisotopic (exact) mass is 362 g/mol. The Morgan fingerprint density at radius 1 is 1.30 bits per heavy atom. The molecule has 130 valence electrons. The highest BCUT2D eigenvalue weighted by Crippen LogP contribution is 2.28. The standard InChI is InChI=1S/C13H22N4O4S2/c1-2-22(18,19)16-9-11-5-7-14-17(11)12(10-16)6-8-15-23(20,21)13-3-4-13/h5,7,12-13,15H,2-4,6,8-10H2,1H3/t12-/m1/s1. The lowest BCUT2D eigenvalue weighted by Crippen LogP contribution is -2.43. The van der Waals surface area contributed by atoms with E-state index in [0.717, 1.165) is 18.5 Å². The zero-order chi connectivity index (χ0) is 16.7. The number of hydrogen-bond donors (Lipinski definition) is 1. The molecule has 1 aromatic heterocycles. The van der Waals surface area contributed by atoms with E-state index in [1.807, 2.05) is 4.68 Å². The zero-order valence-electron chi connectivity index (χ0n) is 13.1. The SMILES string of the molecule is CCS(=O)(=O)N1Cc2ccnn2[C@H](CCNS(=O)(=O)C2CC2)C1. The Morgan fingerprint density at radius 2 is 2.04 bits per heavy atom. The predicted octanol–water partition coefficient (Wildman–Crippen LogP) is 0.0614. The molecule has 2 heterocycles. The van der Waals surface area contributed by atoms with Gasteiger partial charge in [-0.1, -0.05) is 0 Å². The minimum Gasteiger partial charge on any atom is -0.264 e. The van der Waals surface area contributed by atoms with Crippen molar-refractivity contribution < 1.29 is 16.8 Å². The van der Waals surface area contributed by atoms with Gasteiger partial charge >= 0.3 is 0 Å². The summed E-state index contributed by atoms with van der Waals surface area (Å²) in [7, 11) is -6.49. The Labute approximate surface area is 137 Å². The normalized spacial score (nSPS) is 22.9. The highest BCUT2D eigenvalue weighted by atomic mass is 32.2. The van der Waals surface area contributed by atoms with E-state index in [1.165, 1.54) is 4.31 Å². The van der Waals surface area contributed by atoms with Gasteiger partial charge in [-0.3, -0.25) is 4.68 Å². The van der Waals surface area contributed by atoms with Gasteiger partial charge in [-0.15, -0.1) is 0 Å². The summed E-state index contributed by atoms with van der Waals surface area (Å²) in [4.78, 5) is 0. The van der Waals surface area contributed by atoms with Gasteiger partial charge in [-0.2, -0.15) is 9.40 Å². The first-order chi connectivity index (χ1) is 10.8. The summed E-state index contributed by atoms with van der Waals surface area (Å²) in [5, 5.41) is 4.02. The first-order valence-corrected chi connectivity index (χ1v) is 11.0. The van der Waals surface area contributed by atoms with Gasteiger partial charge in [-0.05, 0) is 32.3 Å². The number of rotatable bonds is 7. The summed E-state index contributed by atoms with van der Waals surface area (Å²) in [6, 6.07) is 1.65. The maximum Gasteiger partial charge on any atom is 0.214 e. The molecular weight excluding hydrogens is 340 g/mol. The number of hydrogen-bond acceptors (Lipinski definition) is 5. The Balaban J connectivity index is 1.68. The highest BCUT2D eigenvalue weighted by Gasteiger charge is 2.36. The van der Waals surface area contributed by atoms with Crippen molar-refractivity contribution in [2.75, 3.05) is 18.8 Å². The molecule has 1 N–H and O–H groups in total. The van der Waals surface area contributed by atoms with Gasteiger partial charge in [0.2, 0.25) is 20.0 Å². The van der Waals surface area contributed by atoms with Crippen LogP contribution in [0.5, 0.6) is 0 Å². The molecule has 2 aliphatic rings. The molecule has 0 radical (unpaired) electrons. The summed E-state index contributed by atoms with van der Waals surface area (Å²) in [5.41, 5.74) is 0.836. The fourth-order valence-corrected chi connectivity index (χ4v) is 5.31. The second-order valence-corrected chi connectivity index (χ2v) is 10.3. The molecule has 10 heteroatoms. The first kappa shape index (κ1) is 16.9. The average molecular weight is 362 g/mol. The van der Waals surface area contributed by atoms with E-state index in [1.54, 1.807) is 19.2 Å². The van der Waals surface area contributed by atoms with Gasteiger partial charge in [0.1, 0.15) is 0 Å². The maximum absolute atomic E-state index is 12.1. The van der Waals surface area contributed by atoms with E-state index in [0.29, 0.717) is 26.1 Å². The molecule has 0 spiro atoms. The van der Waals surface area contributed by atoms with Crippen LogP contribution >= 0.6 is 0 Å². The minimum absolute atomic E-state index is 0.0577.